The summed E-state index contributed by atoms with van der Waals surface area (Å²) in [5.41, 5.74) is 0.733. The lowest BCUT2D eigenvalue weighted by Gasteiger charge is -2.28. The number of Topliss-reactive ketones (excluding diaryl/α,β-unsaturated/α-hetero) is 1. The van der Waals surface area contributed by atoms with Crippen LogP contribution < -0.4 is 0 Å². The molecule has 0 aliphatic carbocycles. The van der Waals surface area contributed by atoms with Crippen molar-refractivity contribution >= 4 is 22.7 Å². The quantitative estimate of drug-likeness (QED) is 0.517. The van der Waals surface area contributed by atoms with E-state index in [9.17, 15) is 4.79 Å². The lowest BCUT2D eigenvalue weighted by molar-refractivity contribution is 0.102. The van der Waals surface area contributed by atoms with E-state index in [0.29, 0.717) is 10.9 Å². The van der Waals surface area contributed by atoms with Crippen molar-refractivity contribution in [3.05, 3.63) is 35.9 Å². The standard InChI is InChI=1S/C14H18N2OS/c15-14(16-9-5-2-6-10-16)18-11-13(17)12-7-3-1-4-8-12/h1,3-4,7-8,15H,2,5-6,9-11H2. The zero-order chi connectivity index (χ0) is 12.8. The van der Waals surface area contributed by atoms with Gasteiger partial charge in [0.2, 0.25) is 0 Å². The maximum absolute atomic E-state index is 11.9. The van der Waals surface area contributed by atoms with Gasteiger partial charge in [-0.1, -0.05) is 42.1 Å². The number of likely N-dealkylation sites (tertiary alicyclic amines) is 1. The van der Waals surface area contributed by atoms with Gasteiger partial charge in [-0.05, 0) is 19.3 Å². The SMILES string of the molecule is N=C(SCC(=O)c1ccccc1)N1CCCCC1. The average Bonchev–Trinajstić information content (AvgIpc) is 2.46. The first-order valence-electron chi connectivity index (χ1n) is 6.32. The molecule has 96 valence electrons. The van der Waals surface area contributed by atoms with Crippen LogP contribution >= 0.6 is 11.8 Å². The van der Waals surface area contributed by atoms with Gasteiger partial charge >= 0.3 is 0 Å². The van der Waals surface area contributed by atoms with Crippen LogP contribution in [0.4, 0.5) is 0 Å². The van der Waals surface area contributed by atoms with E-state index in [2.05, 4.69) is 4.90 Å². The second-order valence-corrected chi connectivity index (χ2v) is 5.39. The number of thioether (sulfide) groups is 1. The van der Waals surface area contributed by atoms with Crippen molar-refractivity contribution in [3.8, 4) is 0 Å². The minimum absolute atomic E-state index is 0.0994. The monoisotopic (exact) mass is 262 g/mol. The van der Waals surface area contributed by atoms with Crippen molar-refractivity contribution in [2.45, 2.75) is 19.3 Å². The molecule has 1 aromatic carbocycles. The topological polar surface area (TPSA) is 44.2 Å². The summed E-state index contributed by atoms with van der Waals surface area (Å²) in [6.07, 6.45) is 3.59. The van der Waals surface area contributed by atoms with Gasteiger partial charge in [0.05, 0.1) is 5.75 Å². The summed E-state index contributed by atoms with van der Waals surface area (Å²) in [6.45, 7) is 1.93. The van der Waals surface area contributed by atoms with Gasteiger partial charge in [-0.25, -0.2) is 0 Å². The fraction of sp³-hybridized carbons (Fsp3) is 0.429. The van der Waals surface area contributed by atoms with Crippen molar-refractivity contribution in [2.24, 2.45) is 0 Å². The molecule has 0 amide bonds. The maximum Gasteiger partial charge on any atom is 0.173 e. The van der Waals surface area contributed by atoms with Gasteiger partial charge in [0.25, 0.3) is 0 Å². The van der Waals surface area contributed by atoms with E-state index in [1.165, 1.54) is 18.2 Å². The van der Waals surface area contributed by atoms with Crippen LogP contribution in [0.5, 0.6) is 0 Å². The van der Waals surface area contributed by atoms with E-state index in [4.69, 9.17) is 5.41 Å². The average molecular weight is 262 g/mol. The van der Waals surface area contributed by atoms with E-state index < -0.39 is 0 Å². The van der Waals surface area contributed by atoms with E-state index in [1.54, 1.807) is 0 Å². The fourth-order valence-electron chi connectivity index (χ4n) is 2.03. The predicted octanol–water partition coefficient (Wildman–Crippen LogP) is 3.02. The zero-order valence-electron chi connectivity index (χ0n) is 10.4. The number of hydrogen-bond donors (Lipinski definition) is 1. The van der Waals surface area contributed by atoms with Crippen LogP contribution in [0.1, 0.15) is 29.6 Å². The van der Waals surface area contributed by atoms with E-state index in [0.717, 1.165) is 31.5 Å². The van der Waals surface area contributed by atoms with Gasteiger partial charge in [0.15, 0.2) is 11.0 Å². The van der Waals surface area contributed by atoms with Crippen LogP contribution in [0, 0.1) is 5.41 Å². The maximum atomic E-state index is 11.9. The first-order valence-corrected chi connectivity index (χ1v) is 7.30. The third kappa shape index (κ3) is 3.60. The molecule has 1 heterocycles. The molecule has 1 aromatic rings. The minimum Gasteiger partial charge on any atom is -0.352 e. The summed E-state index contributed by atoms with van der Waals surface area (Å²) in [6, 6.07) is 9.29. The van der Waals surface area contributed by atoms with Gasteiger partial charge < -0.3 is 4.90 Å². The van der Waals surface area contributed by atoms with Crippen LogP contribution in [0.25, 0.3) is 0 Å². The van der Waals surface area contributed by atoms with Gasteiger partial charge in [-0.15, -0.1) is 0 Å². The van der Waals surface area contributed by atoms with Crippen LogP contribution in [0.2, 0.25) is 0 Å². The number of ketones is 1. The number of piperidine rings is 1. The summed E-state index contributed by atoms with van der Waals surface area (Å²) in [5.74, 6) is 0.460. The van der Waals surface area contributed by atoms with E-state index in [-0.39, 0.29) is 5.78 Å². The van der Waals surface area contributed by atoms with Gasteiger partial charge in [-0.2, -0.15) is 0 Å². The Morgan fingerprint density at radius 3 is 2.50 bits per heavy atom. The van der Waals surface area contributed by atoms with Gasteiger partial charge in [0.1, 0.15) is 0 Å². The van der Waals surface area contributed by atoms with Crippen LogP contribution in [-0.2, 0) is 0 Å². The molecule has 18 heavy (non-hydrogen) atoms. The molecular weight excluding hydrogens is 244 g/mol. The Morgan fingerprint density at radius 1 is 1.17 bits per heavy atom. The second kappa shape index (κ2) is 6.59. The number of nitrogens with one attached hydrogen (secondary N) is 1. The highest BCUT2D eigenvalue weighted by Crippen LogP contribution is 2.16. The normalized spacial score (nSPS) is 15.4. The molecule has 0 unspecified atom stereocenters. The molecule has 0 atom stereocenters. The summed E-state index contributed by atoms with van der Waals surface area (Å²) < 4.78 is 0. The molecule has 2 rings (SSSR count). The van der Waals surface area contributed by atoms with Crippen molar-refractivity contribution in [3.63, 3.8) is 0 Å². The Hall–Kier alpha value is -1.29. The van der Waals surface area contributed by atoms with Crippen molar-refractivity contribution < 1.29 is 4.79 Å². The summed E-state index contributed by atoms with van der Waals surface area (Å²) in [5, 5.41) is 8.52. The Kier molecular flexibility index (Phi) is 4.81. The number of rotatable bonds is 3. The van der Waals surface area contributed by atoms with Gasteiger partial charge in [-0.3, -0.25) is 10.2 Å². The third-order valence-corrected chi connectivity index (χ3v) is 4.02. The van der Waals surface area contributed by atoms with Crippen LogP contribution in [0.15, 0.2) is 30.3 Å². The molecule has 1 saturated heterocycles. The Bertz CT molecular complexity index is 413. The molecule has 0 aromatic heterocycles. The number of amidine groups is 1. The van der Waals surface area contributed by atoms with Crippen LogP contribution in [-0.4, -0.2) is 34.7 Å². The Balaban J connectivity index is 1.80. The van der Waals surface area contributed by atoms with Crippen molar-refractivity contribution in [2.75, 3.05) is 18.8 Å². The van der Waals surface area contributed by atoms with Crippen LogP contribution in [0.3, 0.4) is 0 Å². The molecule has 4 heteroatoms. The van der Waals surface area contributed by atoms with E-state index in [1.807, 2.05) is 30.3 Å². The molecular formula is C14H18N2OS. The molecule has 0 radical (unpaired) electrons. The number of hydrogen-bond acceptors (Lipinski definition) is 3. The fourth-order valence-corrected chi connectivity index (χ4v) is 2.83. The highest BCUT2D eigenvalue weighted by atomic mass is 32.2. The molecule has 3 nitrogen and oxygen atoms in total. The molecule has 0 saturated carbocycles. The highest BCUT2D eigenvalue weighted by Gasteiger charge is 2.15. The first kappa shape index (κ1) is 13.1. The minimum atomic E-state index is 0.0994. The van der Waals surface area contributed by atoms with E-state index >= 15 is 0 Å². The molecule has 0 bridgehead atoms. The number of benzene rings is 1. The summed E-state index contributed by atoms with van der Waals surface area (Å²) in [4.78, 5) is 14.0. The predicted molar refractivity (Wildman–Crippen MR) is 76.4 cm³/mol. The molecule has 1 N–H and O–H groups in total. The first-order chi connectivity index (χ1) is 8.77. The zero-order valence-corrected chi connectivity index (χ0v) is 11.2. The smallest absolute Gasteiger partial charge is 0.173 e. The highest BCUT2D eigenvalue weighted by molar-refractivity contribution is 8.14. The van der Waals surface area contributed by atoms with Crippen molar-refractivity contribution in [1.82, 2.24) is 4.90 Å². The Labute approximate surface area is 112 Å². The lowest BCUT2D eigenvalue weighted by atomic mass is 10.1. The second-order valence-electron chi connectivity index (χ2n) is 4.43. The molecule has 1 aliphatic rings. The number of nitrogens with zero attached hydrogens (tertiary/aromatic N) is 1. The van der Waals surface area contributed by atoms with Crippen molar-refractivity contribution in [1.29, 1.82) is 5.41 Å². The molecule has 1 fully saturated rings. The molecule has 0 spiro atoms. The summed E-state index contributed by atoms with van der Waals surface area (Å²) >= 11 is 1.35. The lowest BCUT2D eigenvalue weighted by Crippen LogP contribution is -2.33. The summed E-state index contributed by atoms with van der Waals surface area (Å²) in [7, 11) is 0. The Morgan fingerprint density at radius 2 is 1.83 bits per heavy atom. The number of carbonyl (C=O) groups excluding carboxylic acids is 1. The largest absolute Gasteiger partial charge is 0.352 e. The molecule has 1 aliphatic heterocycles. The third-order valence-electron chi connectivity index (χ3n) is 3.08. The number of carbonyl (C=O) groups is 1. The van der Waals surface area contributed by atoms with Gasteiger partial charge in [0, 0.05) is 18.7 Å².